The first-order valence-electron chi connectivity index (χ1n) is 16.4. The van der Waals surface area contributed by atoms with E-state index in [1.165, 1.54) is 45.1 Å². The maximum atomic E-state index is 6.69. The second kappa shape index (κ2) is 12.2. The number of likely N-dealkylation sites (tertiary alicyclic amines) is 1. The van der Waals surface area contributed by atoms with E-state index in [1.807, 2.05) is 0 Å². The van der Waals surface area contributed by atoms with Crippen LogP contribution in [0.4, 0.5) is 0 Å². The van der Waals surface area contributed by atoms with Gasteiger partial charge in [0.2, 0.25) is 0 Å². The molecule has 1 fully saturated rings. The maximum absolute atomic E-state index is 6.69. The quantitative estimate of drug-likeness (QED) is 0.208. The zero-order chi connectivity index (χ0) is 29.2. The Labute approximate surface area is 259 Å². The summed E-state index contributed by atoms with van der Waals surface area (Å²) in [5.41, 5.74) is 9.24. The lowest BCUT2D eigenvalue weighted by Crippen LogP contribution is -2.47. The SMILES string of the molecule is CCN=C(N)N1C2C=CC(S(C3=CCCC=C3)(c3ccc(-c4ccccc4)cc3)C3C=CCCC3)=CC2C2C=CCCC21. The third kappa shape index (κ3) is 4.98. The van der Waals surface area contributed by atoms with Crippen LogP contribution in [-0.2, 0) is 0 Å². The van der Waals surface area contributed by atoms with Crippen molar-refractivity contribution in [2.45, 2.75) is 74.1 Å². The van der Waals surface area contributed by atoms with Gasteiger partial charge in [-0.25, -0.2) is 0 Å². The number of hydrogen-bond acceptors (Lipinski definition) is 1. The summed E-state index contributed by atoms with van der Waals surface area (Å²) < 4.78 is 0. The van der Waals surface area contributed by atoms with Crippen molar-refractivity contribution >= 4 is 16.0 Å². The lowest BCUT2D eigenvalue weighted by molar-refractivity contribution is 0.304. The summed E-state index contributed by atoms with van der Waals surface area (Å²) in [5.74, 6) is 1.56. The first-order chi connectivity index (χ1) is 21.2. The zero-order valence-electron chi connectivity index (χ0n) is 25.4. The molecule has 43 heavy (non-hydrogen) atoms. The van der Waals surface area contributed by atoms with E-state index < -0.39 is 10.0 Å². The highest BCUT2D eigenvalue weighted by molar-refractivity contribution is 8.40. The molecule has 0 amide bonds. The van der Waals surface area contributed by atoms with E-state index >= 15 is 0 Å². The molecule has 0 saturated carbocycles. The molecule has 1 saturated heterocycles. The monoisotopic (exact) mass is 587 g/mol. The van der Waals surface area contributed by atoms with Gasteiger partial charge in [-0.15, -0.1) is 0 Å². The molecule has 0 bridgehead atoms. The largest absolute Gasteiger partial charge is 0.370 e. The maximum Gasteiger partial charge on any atom is 0.192 e. The Balaban J connectivity index is 1.40. The average Bonchev–Trinajstić information content (AvgIpc) is 3.41. The molecule has 1 heterocycles. The number of allylic oxidation sites excluding steroid dienone is 6. The van der Waals surface area contributed by atoms with Gasteiger partial charge in [0.25, 0.3) is 0 Å². The van der Waals surface area contributed by atoms with E-state index in [1.54, 1.807) is 0 Å². The summed E-state index contributed by atoms with van der Waals surface area (Å²) in [6.07, 6.45) is 33.2. The van der Waals surface area contributed by atoms with Crippen molar-refractivity contribution in [3.63, 3.8) is 0 Å². The van der Waals surface area contributed by atoms with Crippen LogP contribution in [0.1, 0.15) is 51.9 Å². The molecular weight excluding hydrogens is 543 g/mol. The Hall–Kier alpha value is -3.50. The van der Waals surface area contributed by atoms with Gasteiger partial charge in [-0.1, -0.05) is 103 Å². The van der Waals surface area contributed by atoms with Crippen LogP contribution in [0, 0.1) is 11.8 Å². The van der Waals surface area contributed by atoms with Gasteiger partial charge in [-0.3, -0.25) is 4.99 Å². The number of aliphatic imine (C=N–C) groups is 1. The Morgan fingerprint density at radius 2 is 1.63 bits per heavy atom. The van der Waals surface area contributed by atoms with Gasteiger partial charge in [0.05, 0.1) is 6.04 Å². The van der Waals surface area contributed by atoms with Crippen molar-refractivity contribution in [2.24, 2.45) is 22.6 Å². The predicted octanol–water partition coefficient (Wildman–Crippen LogP) is 9.28. The normalized spacial score (nSPS) is 30.2. The highest BCUT2D eigenvalue weighted by Crippen LogP contribution is 2.74. The summed E-state index contributed by atoms with van der Waals surface area (Å²) >= 11 is 0. The fourth-order valence-corrected chi connectivity index (χ4v) is 12.8. The van der Waals surface area contributed by atoms with Crippen LogP contribution >= 0.6 is 10.0 Å². The van der Waals surface area contributed by atoms with E-state index in [-0.39, 0.29) is 6.04 Å². The number of benzene rings is 2. The number of guanidine groups is 1. The number of nitrogens with zero attached hydrogens (tertiary/aromatic N) is 2. The van der Waals surface area contributed by atoms with E-state index in [0.29, 0.717) is 29.1 Å². The minimum Gasteiger partial charge on any atom is -0.370 e. The first kappa shape index (κ1) is 28.3. The lowest BCUT2D eigenvalue weighted by atomic mass is 9.81. The highest BCUT2D eigenvalue weighted by atomic mass is 32.3. The topological polar surface area (TPSA) is 41.6 Å². The summed E-state index contributed by atoms with van der Waals surface area (Å²) in [7, 11) is -1.55. The first-order valence-corrected chi connectivity index (χ1v) is 18.1. The van der Waals surface area contributed by atoms with Gasteiger partial charge in [0, 0.05) is 29.7 Å². The van der Waals surface area contributed by atoms with Crippen molar-refractivity contribution < 1.29 is 0 Å². The lowest BCUT2D eigenvalue weighted by Gasteiger charge is -2.50. The molecular formula is C39H45N3S. The zero-order valence-corrected chi connectivity index (χ0v) is 26.2. The van der Waals surface area contributed by atoms with Crippen LogP contribution in [0.2, 0.25) is 0 Å². The van der Waals surface area contributed by atoms with Gasteiger partial charge in [0.1, 0.15) is 0 Å². The molecule has 4 heteroatoms. The number of fused-ring (bicyclic) bond motifs is 3. The minimum absolute atomic E-state index is 0.257. The summed E-state index contributed by atoms with van der Waals surface area (Å²) in [4.78, 5) is 11.7. The van der Waals surface area contributed by atoms with Crippen molar-refractivity contribution in [2.75, 3.05) is 6.54 Å². The van der Waals surface area contributed by atoms with Gasteiger partial charge in [0.15, 0.2) is 5.96 Å². The molecule has 6 unspecified atom stereocenters. The second-order valence-corrected chi connectivity index (χ2v) is 15.8. The van der Waals surface area contributed by atoms with Crippen molar-refractivity contribution in [1.82, 2.24) is 4.90 Å². The van der Waals surface area contributed by atoms with Crippen LogP contribution in [0.25, 0.3) is 11.1 Å². The summed E-state index contributed by atoms with van der Waals surface area (Å²) in [6, 6.07) is 21.1. The van der Waals surface area contributed by atoms with Crippen LogP contribution in [0.3, 0.4) is 0 Å². The van der Waals surface area contributed by atoms with Crippen molar-refractivity contribution in [1.29, 1.82) is 0 Å². The van der Waals surface area contributed by atoms with Gasteiger partial charge >= 0.3 is 0 Å². The van der Waals surface area contributed by atoms with E-state index in [0.717, 1.165) is 32.2 Å². The highest BCUT2D eigenvalue weighted by Gasteiger charge is 2.50. The average molecular weight is 588 g/mol. The predicted molar refractivity (Wildman–Crippen MR) is 185 cm³/mol. The third-order valence-electron chi connectivity index (χ3n) is 10.1. The van der Waals surface area contributed by atoms with Crippen LogP contribution in [-0.4, -0.2) is 34.7 Å². The van der Waals surface area contributed by atoms with E-state index in [2.05, 4.69) is 127 Å². The second-order valence-electron chi connectivity index (χ2n) is 12.4. The molecule has 0 spiro atoms. The number of hydrogen-bond donors (Lipinski definition) is 1. The molecule has 5 aliphatic rings. The summed E-state index contributed by atoms with van der Waals surface area (Å²) in [6.45, 7) is 2.80. The molecule has 0 radical (unpaired) electrons. The molecule has 1 aliphatic heterocycles. The smallest absolute Gasteiger partial charge is 0.192 e. The molecule has 222 valence electrons. The molecule has 2 aromatic rings. The molecule has 4 aliphatic carbocycles. The molecule has 2 aromatic carbocycles. The van der Waals surface area contributed by atoms with Crippen molar-refractivity contribution in [3.8, 4) is 11.1 Å². The van der Waals surface area contributed by atoms with E-state index in [4.69, 9.17) is 10.7 Å². The van der Waals surface area contributed by atoms with Crippen LogP contribution < -0.4 is 5.73 Å². The minimum atomic E-state index is -1.55. The van der Waals surface area contributed by atoms with Gasteiger partial charge in [-0.05, 0) is 89.8 Å². The Morgan fingerprint density at radius 3 is 2.37 bits per heavy atom. The van der Waals surface area contributed by atoms with Crippen LogP contribution in [0.5, 0.6) is 0 Å². The third-order valence-corrected chi connectivity index (χ3v) is 14.4. The van der Waals surface area contributed by atoms with Gasteiger partial charge < -0.3 is 10.6 Å². The molecule has 2 N–H and O–H groups in total. The standard InChI is InChI=1S/C39H45N3S/c1-2-41-39(40)42-37-21-13-12-20-35(37)36-28-34(26-27-38(36)42)43(31-16-8-4-9-17-31,32-18-10-5-11-19-32)33-24-22-30(23-25-33)29-14-6-3-7-15-29/h3,6-8,10,12,14-18,20,22-28,32,35-38H,2,4-5,9,11,13,19,21H2,1H3,(H2,40,41). The fraction of sp³-hybridized carbons (Fsp3) is 0.359. The van der Waals surface area contributed by atoms with Crippen molar-refractivity contribution in [3.05, 3.63) is 125 Å². The molecule has 7 rings (SSSR count). The fourth-order valence-electron chi connectivity index (χ4n) is 8.16. The number of rotatable bonds is 6. The Bertz CT molecular complexity index is 1530. The molecule has 6 atom stereocenters. The Kier molecular flexibility index (Phi) is 8.05. The molecule has 0 aromatic heterocycles. The Morgan fingerprint density at radius 1 is 0.814 bits per heavy atom. The number of nitrogens with two attached hydrogens (primary N) is 1. The molecule has 3 nitrogen and oxygen atoms in total. The van der Waals surface area contributed by atoms with Crippen LogP contribution in [0.15, 0.2) is 135 Å². The summed E-state index contributed by atoms with van der Waals surface area (Å²) in [5, 5.41) is 0.479. The van der Waals surface area contributed by atoms with Gasteiger partial charge in [-0.2, -0.15) is 10.0 Å². The van der Waals surface area contributed by atoms with E-state index in [9.17, 15) is 0 Å².